The number of aromatic nitrogens is 3. The van der Waals surface area contributed by atoms with Crippen molar-refractivity contribution in [1.29, 1.82) is 0 Å². The van der Waals surface area contributed by atoms with Crippen LogP contribution in [0.25, 0.3) is 11.4 Å². The first-order valence-corrected chi connectivity index (χ1v) is 8.52. The zero-order valence-corrected chi connectivity index (χ0v) is 16.0. The second kappa shape index (κ2) is 7.62. The summed E-state index contributed by atoms with van der Waals surface area (Å²) >= 11 is 8.75. The molecular weight excluding hydrogens is 404 g/mol. The highest BCUT2D eigenvalue weighted by Gasteiger charge is 2.09. The van der Waals surface area contributed by atoms with Crippen LogP contribution in [-0.4, -0.2) is 35.3 Å². The number of rotatable bonds is 5. The molecule has 0 bridgehead atoms. The third kappa shape index (κ3) is 3.80. The van der Waals surface area contributed by atoms with Gasteiger partial charge in [-0.05, 0) is 64.0 Å². The van der Waals surface area contributed by atoms with Gasteiger partial charge in [0, 0.05) is 5.56 Å². The van der Waals surface area contributed by atoms with Crippen LogP contribution in [0.15, 0.2) is 52.0 Å². The van der Waals surface area contributed by atoms with Gasteiger partial charge in [-0.3, -0.25) is 0 Å². The van der Waals surface area contributed by atoms with Gasteiger partial charge in [0.05, 0.1) is 24.9 Å². The summed E-state index contributed by atoms with van der Waals surface area (Å²) in [6.07, 6.45) is 1.71. The number of hydrogen-bond donors (Lipinski definition) is 1. The third-order valence-electron chi connectivity index (χ3n) is 3.48. The van der Waals surface area contributed by atoms with E-state index in [2.05, 4.69) is 31.2 Å². The molecule has 0 saturated carbocycles. The van der Waals surface area contributed by atoms with E-state index in [4.69, 9.17) is 21.7 Å². The SMILES string of the molecule is COc1cccc(-c2n[nH]c(=S)n2/N=C\c2ccc(OC)c(Br)c2)c1. The molecule has 0 aliphatic carbocycles. The topological polar surface area (TPSA) is 64.4 Å². The van der Waals surface area contributed by atoms with Crippen molar-refractivity contribution in [1.82, 2.24) is 14.9 Å². The van der Waals surface area contributed by atoms with Crippen LogP contribution in [0.1, 0.15) is 5.56 Å². The van der Waals surface area contributed by atoms with E-state index in [1.54, 1.807) is 25.1 Å². The number of hydrogen-bond acceptors (Lipinski definition) is 5. The summed E-state index contributed by atoms with van der Waals surface area (Å²) in [4.78, 5) is 0. The second-order valence-electron chi connectivity index (χ2n) is 5.03. The Bertz CT molecular complexity index is 981. The minimum Gasteiger partial charge on any atom is -0.497 e. The van der Waals surface area contributed by atoms with Gasteiger partial charge in [-0.25, -0.2) is 5.10 Å². The molecule has 0 amide bonds. The summed E-state index contributed by atoms with van der Waals surface area (Å²) in [6.45, 7) is 0. The first-order chi connectivity index (χ1) is 12.1. The normalized spacial score (nSPS) is 11.0. The molecular formula is C17H15BrN4O2S. The lowest BCUT2D eigenvalue weighted by molar-refractivity contribution is 0.412. The lowest BCUT2D eigenvalue weighted by Crippen LogP contribution is -1.96. The fraction of sp³-hybridized carbons (Fsp3) is 0.118. The number of aromatic amines is 1. The van der Waals surface area contributed by atoms with E-state index in [0.29, 0.717) is 10.6 Å². The number of ether oxygens (including phenoxy) is 2. The van der Waals surface area contributed by atoms with Crippen molar-refractivity contribution in [3.63, 3.8) is 0 Å². The van der Waals surface area contributed by atoms with Gasteiger partial charge in [0.25, 0.3) is 0 Å². The molecule has 0 unspecified atom stereocenters. The molecule has 0 atom stereocenters. The van der Waals surface area contributed by atoms with E-state index < -0.39 is 0 Å². The van der Waals surface area contributed by atoms with E-state index in [-0.39, 0.29) is 0 Å². The number of nitrogens with zero attached hydrogens (tertiary/aromatic N) is 3. The quantitative estimate of drug-likeness (QED) is 0.496. The summed E-state index contributed by atoms with van der Waals surface area (Å²) in [5, 5.41) is 11.5. The maximum absolute atomic E-state index is 5.29. The molecule has 0 aliphatic heterocycles. The van der Waals surface area contributed by atoms with Crippen LogP contribution in [0.3, 0.4) is 0 Å². The fourth-order valence-corrected chi connectivity index (χ4v) is 2.97. The Hall–Kier alpha value is -2.45. The molecule has 0 spiro atoms. The average molecular weight is 419 g/mol. The maximum atomic E-state index is 5.29. The molecule has 0 fully saturated rings. The van der Waals surface area contributed by atoms with Crippen molar-refractivity contribution in [3.05, 3.63) is 57.3 Å². The average Bonchev–Trinajstić information content (AvgIpc) is 3.00. The fourth-order valence-electron chi connectivity index (χ4n) is 2.24. The maximum Gasteiger partial charge on any atom is 0.216 e. The number of methoxy groups -OCH3 is 2. The van der Waals surface area contributed by atoms with E-state index in [1.807, 2.05) is 42.5 Å². The van der Waals surface area contributed by atoms with Crippen LogP contribution in [0.4, 0.5) is 0 Å². The molecule has 0 saturated heterocycles. The molecule has 3 rings (SSSR count). The van der Waals surface area contributed by atoms with Gasteiger partial charge in [-0.2, -0.15) is 14.9 Å². The Balaban J connectivity index is 1.97. The minimum absolute atomic E-state index is 0.404. The first kappa shape index (κ1) is 17.4. The monoisotopic (exact) mass is 418 g/mol. The van der Waals surface area contributed by atoms with Crippen LogP contribution in [0, 0.1) is 4.77 Å². The molecule has 1 aromatic heterocycles. The van der Waals surface area contributed by atoms with Crippen molar-refractivity contribution in [2.45, 2.75) is 0 Å². The van der Waals surface area contributed by atoms with Gasteiger partial charge in [0.15, 0.2) is 5.82 Å². The minimum atomic E-state index is 0.404. The predicted octanol–water partition coefficient (Wildman–Crippen LogP) is 4.27. The largest absolute Gasteiger partial charge is 0.497 e. The van der Waals surface area contributed by atoms with Gasteiger partial charge in [0.2, 0.25) is 4.77 Å². The number of benzene rings is 2. The zero-order valence-electron chi connectivity index (χ0n) is 13.6. The lowest BCUT2D eigenvalue weighted by atomic mass is 10.2. The lowest BCUT2D eigenvalue weighted by Gasteiger charge is -2.05. The summed E-state index contributed by atoms with van der Waals surface area (Å²) < 4.78 is 13.3. The highest BCUT2D eigenvalue weighted by atomic mass is 79.9. The number of H-pyrrole nitrogens is 1. The Labute approximate surface area is 158 Å². The zero-order chi connectivity index (χ0) is 17.8. The number of halogens is 1. The first-order valence-electron chi connectivity index (χ1n) is 7.32. The molecule has 0 radical (unpaired) electrons. The smallest absolute Gasteiger partial charge is 0.216 e. The Morgan fingerprint density at radius 3 is 2.76 bits per heavy atom. The van der Waals surface area contributed by atoms with Crippen molar-refractivity contribution in [3.8, 4) is 22.9 Å². The predicted molar refractivity (Wildman–Crippen MR) is 103 cm³/mol. The van der Waals surface area contributed by atoms with Gasteiger partial charge >= 0.3 is 0 Å². The van der Waals surface area contributed by atoms with Crippen molar-refractivity contribution in [2.75, 3.05) is 14.2 Å². The standard InChI is InChI=1S/C17H15BrN4O2S/c1-23-13-5-3-4-12(9-13)16-20-21-17(25)22(16)19-10-11-6-7-15(24-2)14(18)8-11/h3-10H,1-2H3,(H,21,25)/b19-10-. The molecule has 128 valence electrons. The van der Waals surface area contributed by atoms with Crippen molar-refractivity contribution >= 4 is 34.4 Å². The van der Waals surface area contributed by atoms with E-state index in [0.717, 1.165) is 27.1 Å². The van der Waals surface area contributed by atoms with Gasteiger partial charge in [-0.1, -0.05) is 12.1 Å². The Morgan fingerprint density at radius 1 is 1.20 bits per heavy atom. The Kier molecular flexibility index (Phi) is 5.30. The molecule has 1 heterocycles. The van der Waals surface area contributed by atoms with Gasteiger partial charge in [0.1, 0.15) is 11.5 Å². The summed E-state index contributed by atoms with van der Waals surface area (Å²) in [5.74, 6) is 2.10. The molecule has 3 aromatic rings. The molecule has 25 heavy (non-hydrogen) atoms. The summed E-state index contributed by atoms with van der Waals surface area (Å²) in [6, 6.07) is 13.2. The molecule has 0 aliphatic rings. The third-order valence-corrected chi connectivity index (χ3v) is 4.36. The van der Waals surface area contributed by atoms with Crippen molar-refractivity contribution in [2.24, 2.45) is 5.10 Å². The van der Waals surface area contributed by atoms with Crippen LogP contribution < -0.4 is 9.47 Å². The van der Waals surface area contributed by atoms with E-state index in [9.17, 15) is 0 Å². The van der Waals surface area contributed by atoms with Gasteiger partial charge < -0.3 is 9.47 Å². The van der Waals surface area contributed by atoms with Crippen LogP contribution in [0.2, 0.25) is 0 Å². The van der Waals surface area contributed by atoms with Crippen LogP contribution in [0.5, 0.6) is 11.5 Å². The molecule has 2 aromatic carbocycles. The van der Waals surface area contributed by atoms with E-state index in [1.165, 1.54) is 0 Å². The Morgan fingerprint density at radius 2 is 2.04 bits per heavy atom. The number of nitrogens with one attached hydrogen (secondary N) is 1. The molecule has 8 heteroatoms. The highest BCUT2D eigenvalue weighted by Crippen LogP contribution is 2.25. The van der Waals surface area contributed by atoms with Crippen LogP contribution in [-0.2, 0) is 0 Å². The summed E-state index contributed by atoms with van der Waals surface area (Å²) in [5.41, 5.74) is 1.74. The summed E-state index contributed by atoms with van der Waals surface area (Å²) in [7, 11) is 3.25. The second-order valence-corrected chi connectivity index (χ2v) is 6.28. The van der Waals surface area contributed by atoms with Crippen LogP contribution >= 0.6 is 28.1 Å². The van der Waals surface area contributed by atoms with E-state index >= 15 is 0 Å². The molecule has 6 nitrogen and oxygen atoms in total. The molecule has 1 N–H and O–H groups in total. The van der Waals surface area contributed by atoms with Gasteiger partial charge in [-0.15, -0.1) is 0 Å². The van der Waals surface area contributed by atoms with Crippen molar-refractivity contribution < 1.29 is 9.47 Å². The highest BCUT2D eigenvalue weighted by molar-refractivity contribution is 9.10.